The van der Waals surface area contributed by atoms with E-state index in [1.54, 1.807) is 29.4 Å². The molecule has 1 spiro atoms. The second kappa shape index (κ2) is 13.5. The number of nitrogens with zero attached hydrogens (tertiary/aromatic N) is 4. The van der Waals surface area contributed by atoms with E-state index in [0.717, 1.165) is 16.3 Å². The molecule has 1 fully saturated rings. The zero-order valence-electron chi connectivity index (χ0n) is 27.0. The fraction of sp³-hybridized carbons (Fsp3) is 0.378. The molecule has 11 heteroatoms. The molecule has 0 unspecified atom stereocenters. The molecule has 2 aromatic heterocycles. The van der Waals surface area contributed by atoms with Gasteiger partial charge in [-0.2, -0.15) is 0 Å². The second-order valence-corrected chi connectivity index (χ2v) is 12.6. The topological polar surface area (TPSA) is 123 Å². The average molecular weight is 650 g/mol. The van der Waals surface area contributed by atoms with Crippen molar-refractivity contribution in [1.29, 1.82) is 0 Å². The number of aromatic nitrogens is 2. The summed E-state index contributed by atoms with van der Waals surface area (Å²) in [7, 11) is 0. The predicted octanol–water partition coefficient (Wildman–Crippen LogP) is 4.47. The smallest absolute Gasteiger partial charge is 0.272 e. The average Bonchev–Trinajstić information content (AvgIpc) is 3.51. The number of carbonyl (C=O) groups excluding carboxylic acids is 3. The third-order valence-corrected chi connectivity index (χ3v) is 9.54. The van der Waals surface area contributed by atoms with Crippen LogP contribution in [0.2, 0.25) is 0 Å². The minimum atomic E-state index is -0.539. The Morgan fingerprint density at radius 2 is 1.83 bits per heavy atom. The van der Waals surface area contributed by atoms with E-state index >= 15 is 0 Å². The van der Waals surface area contributed by atoms with E-state index in [-0.39, 0.29) is 30.1 Å². The fourth-order valence-electron chi connectivity index (χ4n) is 7.10. The SMILES string of the molecule is CCOc1ncccc1C(=O)N1CCCOc2cccc3c2OC[C@@]2(CNC(=O)CCC1)CN(C(=O)c1cc4ccccc4cn1)C[C@@H]32. The number of amides is 3. The van der Waals surface area contributed by atoms with Crippen LogP contribution >= 0.6 is 0 Å². The van der Waals surface area contributed by atoms with Crippen LogP contribution in [0, 0.1) is 5.41 Å². The highest BCUT2D eigenvalue weighted by Gasteiger charge is 2.53. The molecule has 6 heterocycles. The number of rotatable bonds is 4. The van der Waals surface area contributed by atoms with Gasteiger partial charge in [-0.05, 0) is 49.4 Å². The quantitative estimate of drug-likeness (QED) is 0.344. The highest BCUT2D eigenvalue weighted by molar-refractivity contribution is 5.97. The second-order valence-electron chi connectivity index (χ2n) is 12.6. The van der Waals surface area contributed by atoms with Crippen LogP contribution < -0.4 is 19.5 Å². The summed E-state index contributed by atoms with van der Waals surface area (Å²) in [5, 5.41) is 5.08. The van der Waals surface area contributed by atoms with Gasteiger partial charge in [0.25, 0.3) is 11.8 Å². The van der Waals surface area contributed by atoms with E-state index in [9.17, 15) is 14.4 Å². The Labute approximate surface area is 279 Å². The first kappa shape index (κ1) is 31.4. The minimum Gasteiger partial charge on any atom is -0.490 e. The van der Waals surface area contributed by atoms with E-state index < -0.39 is 5.41 Å². The lowest BCUT2D eigenvalue weighted by molar-refractivity contribution is -0.122. The third kappa shape index (κ3) is 6.12. The first-order valence-corrected chi connectivity index (χ1v) is 16.6. The summed E-state index contributed by atoms with van der Waals surface area (Å²) >= 11 is 0. The number of hydrogen-bond donors (Lipinski definition) is 1. The van der Waals surface area contributed by atoms with Gasteiger partial charge in [-0.25, -0.2) is 4.98 Å². The lowest BCUT2D eigenvalue weighted by Crippen LogP contribution is -2.48. The van der Waals surface area contributed by atoms with Gasteiger partial charge in [0.15, 0.2) is 11.5 Å². The van der Waals surface area contributed by atoms with Crippen LogP contribution in [0.25, 0.3) is 10.8 Å². The maximum Gasteiger partial charge on any atom is 0.272 e. The molecule has 248 valence electrons. The molecule has 2 atom stereocenters. The fourth-order valence-corrected chi connectivity index (χ4v) is 7.10. The Hall–Kier alpha value is -5.19. The summed E-state index contributed by atoms with van der Waals surface area (Å²) in [6, 6.07) is 19.0. The summed E-state index contributed by atoms with van der Waals surface area (Å²) in [4.78, 5) is 53.1. The largest absolute Gasteiger partial charge is 0.490 e. The molecule has 0 aliphatic carbocycles. The first-order valence-electron chi connectivity index (χ1n) is 16.6. The predicted molar refractivity (Wildman–Crippen MR) is 178 cm³/mol. The zero-order chi connectivity index (χ0) is 33.1. The van der Waals surface area contributed by atoms with E-state index in [4.69, 9.17) is 14.2 Å². The van der Waals surface area contributed by atoms with E-state index in [2.05, 4.69) is 15.3 Å². The van der Waals surface area contributed by atoms with Gasteiger partial charge in [0, 0.05) is 73.8 Å². The molecular formula is C37H39N5O6. The Balaban J connectivity index is 1.13. The van der Waals surface area contributed by atoms with Crippen molar-refractivity contribution in [2.75, 3.05) is 52.5 Å². The van der Waals surface area contributed by atoms with Crippen molar-refractivity contribution in [2.45, 2.75) is 32.1 Å². The van der Waals surface area contributed by atoms with Crippen LogP contribution in [-0.2, 0) is 4.79 Å². The Morgan fingerprint density at radius 1 is 0.979 bits per heavy atom. The van der Waals surface area contributed by atoms with Crippen molar-refractivity contribution >= 4 is 28.5 Å². The van der Waals surface area contributed by atoms with Gasteiger partial charge < -0.3 is 29.3 Å². The molecule has 1 saturated heterocycles. The standard InChI is InChI=1S/C37H39N5O6/c1-2-46-34-28(12-6-15-38-34)35(44)41-16-7-14-32(43)40-22-37-23-42(36(45)30-19-25-9-3-4-10-26(25)20-39-30)21-29(37)27-11-5-13-31(33(27)48-24-37)47-18-8-17-41/h3-6,9-13,15,19-20,29H,2,7-8,14,16-18,21-24H2,1H3,(H,40,43)/t29-,37+/m0/s1. The normalized spacial score (nSPS) is 21.2. The number of ether oxygens (including phenoxy) is 3. The molecule has 2 aromatic carbocycles. The molecule has 3 amide bonds. The Bertz CT molecular complexity index is 1850. The van der Waals surface area contributed by atoms with Crippen molar-refractivity contribution in [2.24, 2.45) is 5.41 Å². The van der Waals surface area contributed by atoms with Crippen LogP contribution in [-0.4, -0.2) is 90.0 Å². The van der Waals surface area contributed by atoms with Crippen molar-refractivity contribution in [1.82, 2.24) is 25.1 Å². The Kier molecular flexibility index (Phi) is 8.84. The van der Waals surface area contributed by atoms with Crippen LogP contribution in [0.4, 0.5) is 0 Å². The highest BCUT2D eigenvalue weighted by atomic mass is 16.5. The minimum absolute atomic E-state index is 0.0745. The van der Waals surface area contributed by atoms with Gasteiger partial charge in [0.1, 0.15) is 11.3 Å². The molecule has 11 nitrogen and oxygen atoms in total. The number of hydrogen-bond acceptors (Lipinski definition) is 8. The summed E-state index contributed by atoms with van der Waals surface area (Å²) in [6.45, 7) is 4.98. The molecule has 4 aliphatic heterocycles. The first-order chi connectivity index (χ1) is 23.5. The zero-order valence-corrected chi connectivity index (χ0v) is 27.0. The van der Waals surface area contributed by atoms with Crippen molar-refractivity contribution in [3.8, 4) is 17.4 Å². The van der Waals surface area contributed by atoms with Gasteiger partial charge >= 0.3 is 0 Å². The van der Waals surface area contributed by atoms with Gasteiger partial charge in [0.05, 0.1) is 19.8 Å². The summed E-state index contributed by atoms with van der Waals surface area (Å²) < 4.78 is 18.3. The van der Waals surface area contributed by atoms with Gasteiger partial charge in [-0.1, -0.05) is 36.4 Å². The van der Waals surface area contributed by atoms with Gasteiger partial charge in [0.2, 0.25) is 11.8 Å². The number of pyridine rings is 2. The highest BCUT2D eigenvalue weighted by Crippen LogP contribution is 2.52. The molecule has 4 aromatic rings. The third-order valence-electron chi connectivity index (χ3n) is 9.54. The van der Waals surface area contributed by atoms with E-state index in [1.165, 1.54) is 0 Å². The van der Waals surface area contributed by atoms with Crippen LogP contribution in [0.3, 0.4) is 0 Å². The monoisotopic (exact) mass is 649 g/mol. The summed E-state index contributed by atoms with van der Waals surface area (Å²) in [6.07, 6.45) is 4.64. The number of fused-ring (bicyclic) bond motifs is 12. The van der Waals surface area contributed by atoms with Gasteiger partial charge in [-0.15, -0.1) is 0 Å². The molecule has 1 N–H and O–H groups in total. The van der Waals surface area contributed by atoms with E-state index in [0.29, 0.717) is 94.0 Å². The molecule has 0 saturated carbocycles. The van der Waals surface area contributed by atoms with Crippen molar-refractivity contribution in [3.05, 3.63) is 89.9 Å². The summed E-state index contributed by atoms with van der Waals surface area (Å²) in [5.74, 6) is 1.07. The molecule has 48 heavy (non-hydrogen) atoms. The van der Waals surface area contributed by atoms with Crippen LogP contribution in [0.15, 0.2) is 73.1 Å². The maximum absolute atomic E-state index is 13.9. The lowest BCUT2D eigenvalue weighted by atomic mass is 9.73. The molecule has 4 bridgehead atoms. The lowest BCUT2D eigenvalue weighted by Gasteiger charge is -2.40. The number of para-hydroxylation sites is 1. The maximum atomic E-state index is 13.9. The number of benzene rings is 2. The number of nitrogens with one attached hydrogen (secondary N) is 1. The molecule has 0 radical (unpaired) electrons. The number of likely N-dealkylation sites (tertiary alicyclic amines) is 1. The number of carbonyl (C=O) groups is 3. The van der Waals surface area contributed by atoms with Crippen molar-refractivity contribution < 1.29 is 28.6 Å². The molecule has 8 rings (SSSR count). The Morgan fingerprint density at radius 3 is 2.71 bits per heavy atom. The van der Waals surface area contributed by atoms with Crippen molar-refractivity contribution in [3.63, 3.8) is 0 Å². The van der Waals surface area contributed by atoms with Crippen LogP contribution in [0.1, 0.15) is 58.5 Å². The van der Waals surface area contributed by atoms with Gasteiger partial charge in [-0.3, -0.25) is 19.4 Å². The molecular weight excluding hydrogens is 610 g/mol. The van der Waals surface area contributed by atoms with E-state index in [1.807, 2.05) is 60.4 Å². The van der Waals surface area contributed by atoms with Crippen LogP contribution in [0.5, 0.6) is 17.4 Å². The molecule has 4 aliphatic rings. The summed E-state index contributed by atoms with van der Waals surface area (Å²) in [5.41, 5.74) is 1.20.